The number of methoxy groups -OCH3 is 1. The van der Waals surface area contributed by atoms with E-state index in [2.05, 4.69) is 0 Å². The van der Waals surface area contributed by atoms with Crippen molar-refractivity contribution in [2.75, 3.05) is 19.1 Å². The molecule has 2 aromatic rings. The Kier molecular flexibility index (Phi) is 4.95. The first-order chi connectivity index (χ1) is 10.1. The molecule has 0 fully saturated rings. The van der Waals surface area contributed by atoms with Crippen LogP contribution >= 0.6 is 0 Å². The van der Waals surface area contributed by atoms with E-state index >= 15 is 0 Å². The number of nitrogens with zero attached hydrogens (tertiary/aromatic N) is 1. The number of carbonyl (C=O) groups is 1. The van der Waals surface area contributed by atoms with Crippen molar-refractivity contribution in [1.29, 1.82) is 0 Å². The Morgan fingerprint density at radius 2 is 1.86 bits per heavy atom. The summed E-state index contributed by atoms with van der Waals surface area (Å²) in [7, 11) is 3.39. The van der Waals surface area contributed by atoms with Gasteiger partial charge in [-0.1, -0.05) is 24.3 Å². The first kappa shape index (κ1) is 15.1. The van der Waals surface area contributed by atoms with Gasteiger partial charge in [0, 0.05) is 19.3 Å². The predicted octanol–water partition coefficient (Wildman–Crippen LogP) is 2.36. The maximum absolute atomic E-state index is 12.3. The maximum atomic E-state index is 12.3. The Balaban J connectivity index is 2.07. The topological polar surface area (TPSA) is 55.6 Å². The van der Waals surface area contributed by atoms with E-state index in [1.54, 1.807) is 19.1 Å². The van der Waals surface area contributed by atoms with Gasteiger partial charge in [-0.05, 0) is 35.4 Å². The fourth-order valence-electron chi connectivity index (χ4n) is 2.08. The first-order valence-electron chi connectivity index (χ1n) is 6.82. The lowest BCUT2D eigenvalue weighted by atomic mass is 10.1. The van der Waals surface area contributed by atoms with E-state index in [4.69, 9.17) is 10.5 Å². The zero-order valence-corrected chi connectivity index (χ0v) is 12.4. The summed E-state index contributed by atoms with van der Waals surface area (Å²) < 4.78 is 5.17. The second-order valence-electron chi connectivity index (χ2n) is 4.85. The largest absolute Gasteiger partial charge is 0.497 e. The molecule has 1 amide bonds. The van der Waals surface area contributed by atoms with Gasteiger partial charge in [0.15, 0.2) is 0 Å². The summed E-state index contributed by atoms with van der Waals surface area (Å²) in [6.07, 6.45) is 0.340. The van der Waals surface area contributed by atoms with Gasteiger partial charge >= 0.3 is 0 Å². The number of rotatable bonds is 5. The normalized spacial score (nSPS) is 10.2. The van der Waals surface area contributed by atoms with Crippen molar-refractivity contribution in [2.45, 2.75) is 13.0 Å². The Hall–Kier alpha value is -2.33. The molecule has 4 heteroatoms. The summed E-state index contributed by atoms with van der Waals surface area (Å²) in [6.45, 7) is 0.502. The lowest BCUT2D eigenvalue weighted by Gasteiger charge is -2.18. The molecule has 0 bridgehead atoms. The van der Waals surface area contributed by atoms with Crippen LogP contribution in [0, 0.1) is 0 Å². The zero-order chi connectivity index (χ0) is 15.2. The second-order valence-corrected chi connectivity index (χ2v) is 4.85. The average Bonchev–Trinajstić information content (AvgIpc) is 2.54. The lowest BCUT2D eigenvalue weighted by Crippen LogP contribution is -2.27. The highest BCUT2D eigenvalue weighted by molar-refractivity contribution is 5.94. The fourth-order valence-corrected chi connectivity index (χ4v) is 2.08. The molecule has 2 rings (SSSR count). The summed E-state index contributed by atoms with van der Waals surface area (Å²) >= 11 is 0. The minimum atomic E-state index is 0.0313. The lowest BCUT2D eigenvalue weighted by molar-refractivity contribution is -0.117. The van der Waals surface area contributed by atoms with Gasteiger partial charge in [-0.3, -0.25) is 4.79 Å². The van der Waals surface area contributed by atoms with Gasteiger partial charge in [0.2, 0.25) is 5.91 Å². The van der Waals surface area contributed by atoms with E-state index in [1.165, 1.54) is 0 Å². The molecule has 0 saturated heterocycles. The number of amides is 1. The third-order valence-corrected chi connectivity index (χ3v) is 3.42. The zero-order valence-electron chi connectivity index (χ0n) is 12.4. The summed E-state index contributed by atoms with van der Waals surface area (Å²) in [6, 6.07) is 15.2. The van der Waals surface area contributed by atoms with Crippen LogP contribution in [-0.2, 0) is 17.8 Å². The van der Waals surface area contributed by atoms with Crippen LogP contribution in [0.3, 0.4) is 0 Å². The van der Waals surface area contributed by atoms with Crippen LogP contribution < -0.4 is 15.4 Å². The van der Waals surface area contributed by atoms with Crippen LogP contribution in [0.25, 0.3) is 0 Å². The van der Waals surface area contributed by atoms with Crippen molar-refractivity contribution in [3.8, 4) is 5.75 Å². The van der Waals surface area contributed by atoms with Crippen LogP contribution in [0.5, 0.6) is 5.75 Å². The number of ether oxygens (including phenoxy) is 1. The van der Waals surface area contributed by atoms with Gasteiger partial charge in [-0.25, -0.2) is 0 Å². The van der Waals surface area contributed by atoms with E-state index in [-0.39, 0.29) is 5.91 Å². The molecular formula is C17H20N2O2. The number of anilines is 1. The van der Waals surface area contributed by atoms with Gasteiger partial charge in [0.1, 0.15) is 5.75 Å². The predicted molar refractivity (Wildman–Crippen MR) is 84.4 cm³/mol. The van der Waals surface area contributed by atoms with Crippen molar-refractivity contribution in [1.82, 2.24) is 0 Å². The molecule has 21 heavy (non-hydrogen) atoms. The Morgan fingerprint density at radius 1 is 1.14 bits per heavy atom. The fraction of sp³-hybridized carbons (Fsp3) is 0.235. The minimum Gasteiger partial charge on any atom is -0.497 e. The maximum Gasteiger partial charge on any atom is 0.231 e. The molecule has 0 atom stereocenters. The molecule has 2 N–H and O–H groups in total. The summed E-state index contributed by atoms with van der Waals surface area (Å²) in [5, 5.41) is 0. The summed E-state index contributed by atoms with van der Waals surface area (Å²) in [4.78, 5) is 14.0. The molecular weight excluding hydrogens is 264 g/mol. The van der Waals surface area contributed by atoms with Gasteiger partial charge in [-0.2, -0.15) is 0 Å². The van der Waals surface area contributed by atoms with Crippen LogP contribution in [0.4, 0.5) is 5.69 Å². The van der Waals surface area contributed by atoms with Crippen molar-refractivity contribution >= 4 is 11.6 Å². The number of hydrogen-bond donors (Lipinski definition) is 1. The molecule has 0 spiro atoms. The highest BCUT2D eigenvalue weighted by Crippen LogP contribution is 2.17. The monoisotopic (exact) mass is 284 g/mol. The molecule has 0 aliphatic heterocycles. The van der Waals surface area contributed by atoms with E-state index in [1.807, 2.05) is 48.5 Å². The highest BCUT2D eigenvalue weighted by Gasteiger charge is 2.12. The molecule has 0 radical (unpaired) electrons. The molecule has 2 aromatic carbocycles. The Morgan fingerprint density at radius 3 is 2.48 bits per heavy atom. The smallest absolute Gasteiger partial charge is 0.231 e. The third kappa shape index (κ3) is 3.83. The van der Waals surface area contributed by atoms with Crippen molar-refractivity contribution in [3.63, 3.8) is 0 Å². The number of carbonyl (C=O) groups excluding carboxylic acids is 1. The van der Waals surface area contributed by atoms with Crippen LogP contribution in [0.1, 0.15) is 11.1 Å². The summed E-state index contributed by atoms with van der Waals surface area (Å²) in [5.74, 6) is 0.791. The second kappa shape index (κ2) is 6.90. The molecule has 0 unspecified atom stereocenters. The summed E-state index contributed by atoms with van der Waals surface area (Å²) in [5.41, 5.74) is 8.42. The number of likely N-dealkylation sites (N-methyl/N-ethyl adjacent to an activating group) is 1. The first-order valence-corrected chi connectivity index (χ1v) is 6.82. The van der Waals surface area contributed by atoms with Gasteiger partial charge < -0.3 is 15.4 Å². The molecule has 4 nitrogen and oxygen atoms in total. The molecule has 110 valence electrons. The van der Waals surface area contributed by atoms with Gasteiger partial charge in [-0.15, -0.1) is 0 Å². The molecule has 0 saturated carbocycles. The molecule has 0 heterocycles. The Labute approximate surface area is 125 Å². The van der Waals surface area contributed by atoms with Gasteiger partial charge in [0.25, 0.3) is 0 Å². The van der Waals surface area contributed by atoms with Crippen molar-refractivity contribution in [3.05, 3.63) is 59.7 Å². The van der Waals surface area contributed by atoms with Crippen molar-refractivity contribution < 1.29 is 9.53 Å². The van der Waals surface area contributed by atoms with E-state index in [9.17, 15) is 4.79 Å². The average molecular weight is 284 g/mol. The van der Waals surface area contributed by atoms with Gasteiger partial charge in [0.05, 0.1) is 13.5 Å². The van der Waals surface area contributed by atoms with Crippen LogP contribution in [0.15, 0.2) is 48.5 Å². The van der Waals surface area contributed by atoms with E-state index in [0.29, 0.717) is 13.0 Å². The standard InChI is InChI=1S/C17H20N2O2/c1-19(15-8-6-13(12-18)7-9-15)17(20)11-14-4-3-5-16(10-14)21-2/h3-10H,11-12,18H2,1-2H3. The third-order valence-electron chi connectivity index (χ3n) is 3.42. The molecule has 0 aromatic heterocycles. The number of benzene rings is 2. The van der Waals surface area contributed by atoms with Crippen molar-refractivity contribution in [2.24, 2.45) is 5.73 Å². The number of nitrogens with two attached hydrogens (primary N) is 1. The quantitative estimate of drug-likeness (QED) is 0.917. The SMILES string of the molecule is COc1cccc(CC(=O)N(C)c2ccc(CN)cc2)c1. The van der Waals surface area contributed by atoms with E-state index < -0.39 is 0 Å². The number of hydrogen-bond acceptors (Lipinski definition) is 3. The van der Waals surface area contributed by atoms with Crippen LogP contribution in [-0.4, -0.2) is 20.1 Å². The van der Waals surface area contributed by atoms with Crippen LogP contribution in [0.2, 0.25) is 0 Å². The molecule has 0 aliphatic rings. The molecule has 0 aliphatic carbocycles. The highest BCUT2D eigenvalue weighted by atomic mass is 16.5. The van der Waals surface area contributed by atoms with E-state index in [0.717, 1.165) is 22.6 Å². The minimum absolute atomic E-state index is 0.0313. The Bertz CT molecular complexity index is 608.